The van der Waals surface area contributed by atoms with Crippen LogP contribution >= 0.6 is 24.0 Å². The maximum atomic E-state index is 12.9. The molecule has 1 aliphatic heterocycles. The van der Waals surface area contributed by atoms with Crippen molar-refractivity contribution < 1.29 is 4.39 Å². The van der Waals surface area contributed by atoms with Crippen molar-refractivity contribution in [2.24, 2.45) is 4.99 Å². The van der Waals surface area contributed by atoms with E-state index in [1.165, 1.54) is 12.1 Å². The lowest BCUT2D eigenvalue weighted by molar-refractivity contribution is 0.626. The van der Waals surface area contributed by atoms with Crippen molar-refractivity contribution in [1.82, 2.24) is 25.4 Å². The highest BCUT2D eigenvalue weighted by molar-refractivity contribution is 14.0. The summed E-state index contributed by atoms with van der Waals surface area (Å²) in [6.07, 6.45) is 2.96. The molecule has 0 spiro atoms. The van der Waals surface area contributed by atoms with Gasteiger partial charge >= 0.3 is 0 Å². The van der Waals surface area contributed by atoms with Gasteiger partial charge in [0.25, 0.3) is 0 Å². The monoisotopic (exact) mass is 444 g/mol. The Bertz CT molecular complexity index is 682. The van der Waals surface area contributed by atoms with E-state index in [0.29, 0.717) is 6.54 Å². The third-order valence-electron chi connectivity index (χ3n) is 3.94. The van der Waals surface area contributed by atoms with Crippen molar-refractivity contribution in [3.8, 4) is 0 Å². The Kier molecular flexibility index (Phi) is 6.95. The average Bonchev–Trinajstić information content (AvgIpc) is 3.16. The summed E-state index contributed by atoms with van der Waals surface area (Å²) in [6, 6.07) is 6.56. The number of halogens is 2. The molecule has 0 unspecified atom stereocenters. The molecule has 0 atom stereocenters. The van der Waals surface area contributed by atoms with Crippen LogP contribution in [0.25, 0.3) is 0 Å². The van der Waals surface area contributed by atoms with E-state index in [1.54, 1.807) is 19.2 Å². The number of rotatable bonds is 5. The van der Waals surface area contributed by atoms with Gasteiger partial charge < -0.3 is 15.2 Å². The lowest BCUT2D eigenvalue weighted by Gasteiger charge is -2.12. The molecule has 0 saturated heterocycles. The zero-order valence-electron chi connectivity index (χ0n) is 13.6. The second-order valence-corrected chi connectivity index (χ2v) is 5.52. The van der Waals surface area contributed by atoms with Crippen LogP contribution in [-0.2, 0) is 25.9 Å². The molecule has 3 rings (SSSR count). The molecule has 2 N–H and O–H groups in total. The Morgan fingerprint density at radius 3 is 2.79 bits per heavy atom. The first kappa shape index (κ1) is 18.6. The number of fused-ring (bicyclic) bond motifs is 1. The van der Waals surface area contributed by atoms with E-state index >= 15 is 0 Å². The maximum Gasteiger partial charge on any atom is 0.191 e. The highest BCUT2D eigenvalue weighted by Gasteiger charge is 2.16. The van der Waals surface area contributed by atoms with Gasteiger partial charge in [-0.15, -0.1) is 34.2 Å². The molecule has 1 aromatic heterocycles. The number of benzene rings is 1. The van der Waals surface area contributed by atoms with Crippen LogP contribution in [0.3, 0.4) is 0 Å². The fourth-order valence-corrected chi connectivity index (χ4v) is 2.70. The van der Waals surface area contributed by atoms with Crippen LogP contribution in [0.4, 0.5) is 4.39 Å². The van der Waals surface area contributed by atoms with Crippen molar-refractivity contribution in [3.63, 3.8) is 0 Å². The van der Waals surface area contributed by atoms with Crippen LogP contribution in [-0.4, -0.2) is 34.3 Å². The number of aryl methyl sites for hydroxylation is 1. The number of nitrogens with one attached hydrogen (secondary N) is 2. The van der Waals surface area contributed by atoms with Gasteiger partial charge in [-0.25, -0.2) is 4.39 Å². The van der Waals surface area contributed by atoms with E-state index in [2.05, 4.69) is 30.4 Å². The van der Waals surface area contributed by atoms with E-state index in [4.69, 9.17) is 0 Å². The van der Waals surface area contributed by atoms with Gasteiger partial charge in [-0.05, 0) is 30.5 Å². The number of aliphatic imine (C=N–C) groups is 1. The summed E-state index contributed by atoms with van der Waals surface area (Å²) in [6.45, 7) is 2.32. The quantitative estimate of drug-likeness (QED) is 0.420. The summed E-state index contributed by atoms with van der Waals surface area (Å²) < 4.78 is 15.0. The van der Waals surface area contributed by atoms with Crippen LogP contribution in [0.1, 0.15) is 23.6 Å². The smallest absolute Gasteiger partial charge is 0.191 e. The standard InChI is InChI=1S/C16H21FN6.HI/c1-18-16(19-9-8-12-4-6-13(17)7-5-12)20-11-15-22-21-14-3-2-10-23(14)15;/h4-7H,2-3,8-11H2,1H3,(H2,18,19,20);1H. The first-order chi connectivity index (χ1) is 11.3. The fourth-order valence-electron chi connectivity index (χ4n) is 2.70. The molecular weight excluding hydrogens is 422 g/mol. The number of aromatic nitrogens is 3. The topological polar surface area (TPSA) is 67.1 Å². The number of hydrogen-bond donors (Lipinski definition) is 2. The molecule has 24 heavy (non-hydrogen) atoms. The van der Waals surface area contributed by atoms with Gasteiger partial charge in [0.1, 0.15) is 11.6 Å². The third kappa shape index (κ3) is 4.65. The van der Waals surface area contributed by atoms with E-state index in [-0.39, 0.29) is 29.8 Å². The minimum absolute atomic E-state index is 0. The molecule has 8 heteroatoms. The van der Waals surface area contributed by atoms with Crippen LogP contribution in [0.15, 0.2) is 29.3 Å². The second-order valence-electron chi connectivity index (χ2n) is 5.52. The van der Waals surface area contributed by atoms with Crippen LogP contribution < -0.4 is 10.6 Å². The third-order valence-corrected chi connectivity index (χ3v) is 3.94. The van der Waals surface area contributed by atoms with Crippen molar-refractivity contribution in [1.29, 1.82) is 0 Å². The molecule has 0 radical (unpaired) electrons. The van der Waals surface area contributed by atoms with Crippen molar-refractivity contribution in [3.05, 3.63) is 47.3 Å². The number of nitrogens with zero attached hydrogens (tertiary/aromatic N) is 4. The molecule has 0 fully saturated rings. The Labute approximate surface area is 158 Å². The normalized spacial score (nSPS) is 13.3. The van der Waals surface area contributed by atoms with Crippen LogP contribution in [0.2, 0.25) is 0 Å². The van der Waals surface area contributed by atoms with E-state index < -0.39 is 0 Å². The molecule has 0 aliphatic carbocycles. The molecule has 0 amide bonds. The SMILES string of the molecule is CN=C(NCCc1ccc(F)cc1)NCc1nnc2n1CCC2.I. The van der Waals surface area contributed by atoms with Gasteiger partial charge in [0.05, 0.1) is 6.54 Å². The zero-order valence-corrected chi connectivity index (χ0v) is 16.0. The lowest BCUT2D eigenvalue weighted by Crippen LogP contribution is -2.38. The first-order valence-electron chi connectivity index (χ1n) is 7.86. The van der Waals surface area contributed by atoms with Gasteiger partial charge in [0.15, 0.2) is 11.8 Å². The Balaban J connectivity index is 0.00000208. The lowest BCUT2D eigenvalue weighted by atomic mass is 10.1. The number of guanidine groups is 1. The van der Waals surface area contributed by atoms with Gasteiger partial charge in [-0.3, -0.25) is 4.99 Å². The van der Waals surface area contributed by atoms with Crippen LogP contribution in [0, 0.1) is 5.82 Å². The van der Waals surface area contributed by atoms with Crippen LogP contribution in [0.5, 0.6) is 0 Å². The molecule has 2 aromatic rings. The summed E-state index contributed by atoms with van der Waals surface area (Å²) >= 11 is 0. The molecule has 0 saturated carbocycles. The molecule has 130 valence electrons. The predicted octanol–water partition coefficient (Wildman–Crippen LogP) is 1.89. The highest BCUT2D eigenvalue weighted by Crippen LogP contribution is 2.13. The highest BCUT2D eigenvalue weighted by atomic mass is 127. The summed E-state index contributed by atoms with van der Waals surface area (Å²) in [5.74, 6) is 2.53. The van der Waals surface area contributed by atoms with E-state index in [0.717, 1.165) is 55.5 Å². The number of hydrogen-bond acceptors (Lipinski definition) is 3. The maximum absolute atomic E-state index is 12.9. The van der Waals surface area contributed by atoms with Crippen molar-refractivity contribution >= 4 is 29.9 Å². The summed E-state index contributed by atoms with van der Waals surface area (Å²) in [5.41, 5.74) is 1.09. The van der Waals surface area contributed by atoms with Gasteiger partial charge in [0.2, 0.25) is 0 Å². The Morgan fingerprint density at radius 1 is 1.25 bits per heavy atom. The average molecular weight is 444 g/mol. The van der Waals surface area contributed by atoms with E-state index in [1.807, 2.05) is 0 Å². The molecular formula is C16H22FIN6. The van der Waals surface area contributed by atoms with Crippen molar-refractivity contribution in [2.45, 2.75) is 32.4 Å². The minimum Gasteiger partial charge on any atom is -0.356 e. The summed E-state index contributed by atoms with van der Waals surface area (Å²) in [5, 5.41) is 14.9. The van der Waals surface area contributed by atoms with Gasteiger partial charge in [-0.1, -0.05) is 12.1 Å². The molecule has 6 nitrogen and oxygen atoms in total. The second kappa shape index (κ2) is 8.95. The minimum atomic E-state index is -0.208. The zero-order chi connectivity index (χ0) is 16.1. The molecule has 1 aliphatic rings. The molecule has 1 aromatic carbocycles. The molecule has 2 heterocycles. The first-order valence-corrected chi connectivity index (χ1v) is 7.86. The largest absolute Gasteiger partial charge is 0.356 e. The fraction of sp³-hybridized carbons (Fsp3) is 0.438. The van der Waals surface area contributed by atoms with E-state index in [9.17, 15) is 4.39 Å². The van der Waals surface area contributed by atoms with Gasteiger partial charge in [-0.2, -0.15) is 0 Å². The Hall–Kier alpha value is -1.71. The van der Waals surface area contributed by atoms with Gasteiger partial charge in [0, 0.05) is 26.6 Å². The Morgan fingerprint density at radius 2 is 2.04 bits per heavy atom. The summed E-state index contributed by atoms with van der Waals surface area (Å²) in [7, 11) is 1.74. The van der Waals surface area contributed by atoms with Crippen molar-refractivity contribution in [2.75, 3.05) is 13.6 Å². The predicted molar refractivity (Wildman–Crippen MR) is 102 cm³/mol. The summed E-state index contributed by atoms with van der Waals surface area (Å²) in [4.78, 5) is 4.20. The molecule has 0 bridgehead atoms.